The Morgan fingerprint density at radius 1 is 1.50 bits per heavy atom. The number of hydrogen-bond donors (Lipinski definition) is 2. The third-order valence-corrected chi connectivity index (χ3v) is 3.34. The number of nitrogens with zero attached hydrogens (tertiary/aromatic N) is 1. The molecule has 2 aromatic rings. The molecule has 0 amide bonds. The van der Waals surface area contributed by atoms with Gasteiger partial charge >= 0.3 is 0 Å². The van der Waals surface area contributed by atoms with Crippen LogP contribution in [0, 0.1) is 0 Å². The fourth-order valence-electron chi connectivity index (χ4n) is 2.24. The molecule has 1 atom stereocenters. The lowest BCUT2D eigenvalue weighted by molar-refractivity contribution is 0.356. The molecule has 2 N–H and O–H groups in total. The molecule has 0 radical (unpaired) electrons. The van der Waals surface area contributed by atoms with E-state index in [1.165, 1.54) is 11.1 Å². The highest BCUT2D eigenvalue weighted by Crippen LogP contribution is 2.28. The average Bonchev–Trinajstić information content (AvgIpc) is 3.05. The first kappa shape index (κ1) is 11.3. The van der Waals surface area contributed by atoms with Crippen LogP contribution in [0.5, 0.6) is 5.75 Å². The lowest BCUT2D eigenvalue weighted by Gasteiger charge is -2.14. The van der Waals surface area contributed by atoms with Gasteiger partial charge in [-0.1, -0.05) is 12.1 Å². The maximum Gasteiger partial charge on any atom is 0.122 e. The van der Waals surface area contributed by atoms with Crippen LogP contribution in [0.1, 0.15) is 29.9 Å². The highest BCUT2D eigenvalue weighted by molar-refractivity contribution is 5.40. The Morgan fingerprint density at radius 2 is 2.44 bits per heavy atom. The number of H-pyrrole nitrogens is 1. The van der Waals surface area contributed by atoms with E-state index in [0.29, 0.717) is 6.04 Å². The second-order valence-electron chi connectivity index (χ2n) is 4.60. The standard InChI is InChI=1S/C14H17N3O/c1-10(17-9-14-15-5-6-16-14)11-2-3-13-12(8-11)4-7-18-13/h2-3,5-6,8,10,17H,4,7,9H2,1H3,(H,15,16). The van der Waals surface area contributed by atoms with Crippen LogP contribution in [-0.4, -0.2) is 16.6 Å². The van der Waals surface area contributed by atoms with Gasteiger partial charge in [-0.3, -0.25) is 0 Å². The zero-order chi connectivity index (χ0) is 12.4. The summed E-state index contributed by atoms with van der Waals surface area (Å²) in [6.07, 6.45) is 4.64. The predicted molar refractivity (Wildman–Crippen MR) is 69.5 cm³/mol. The summed E-state index contributed by atoms with van der Waals surface area (Å²) >= 11 is 0. The molecule has 4 heteroatoms. The van der Waals surface area contributed by atoms with Gasteiger partial charge in [0.1, 0.15) is 11.6 Å². The molecule has 1 unspecified atom stereocenters. The van der Waals surface area contributed by atoms with Crippen molar-refractivity contribution in [3.05, 3.63) is 47.5 Å². The Bertz CT molecular complexity index is 522. The summed E-state index contributed by atoms with van der Waals surface area (Å²) in [5.41, 5.74) is 2.62. The molecular formula is C14H17N3O. The first-order chi connectivity index (χ1) is 8.83. The third-order valence-electron chi connectivity index (χ3n) is 3.34. The van der Waals surface area contributed by atoms with Crippen LogP contribution in [0.2, 0.25) is 0 Å². The molecule has 4 nitrogen and oxygen atoms in total. The van der Waals surface area contributed by atoms with E-state index < -0.39 is 0 Å². The van der Waals surface area contributed by atoms with Gasteiger partial charge in [-0.2, -0.15) is 0 Å². The number of aromatic amines is 1. The van der Waals surface area contributed by atoms with E-state index in [0.717, 1.165) is 31.1 Å². The predicted octanol–water partition coefficient (Wildman–Crippen LogP) is 2.20. The van der Waals surface area contributed by atoms with E-state index in [1.807, 2.05) is 6.20 Å². The van der Waals surface area contributed by atoms with Crippen LogP contribution in [-0.2, 0) is 13.0 Å². The Labute approximate surface area is 106 Å². The molecule has 2 heterocycles. The number of rotatable bonds is 4. The Hall–Kier alpha value is -1.81. The van der Waals surface area contributed by atoms with Crippen molar-refractivity contribution in [3.63, 3.8) is 0 Å². The molecular weight excluding hydrogens is 226 g/mol. The van der Waals surface area contributed by atoms with Crippen molar-refractivity contribution < 1.29 is 4.74 Å². The van der Waals surface area contributed by atoms with E-state index in [1.54, 1.807) is 6.20 Å². The molecule has 3 rings (SSSR count). The summed E-state index contributed by atoms with van der Waals surface area (Å²) in [4.78, 5) is 7.29. The summed E-state index contributed by atoms with van der Waals surface area (Å²) < 4.78 is 5.52. The van der Waals surface area contributed by atoms with Crippen molar-refractivity contribution in [2.24, 2.45) is 0 Å². The van der Waals surface area contributed by atoms with E-state index in [9.17, 15) is 0 Å². The molecule has 94 valence electrons. The first-order valence-electron chi connectivity index (χ1n) is 6.30. The van der Waals surface area contributed by atoms with E-state index in [2.05, 4.69) is 40.4 Å². The topological polar surface area (TPSA) is 49.9 Å². The molecule has 0 bridgehead atoms. The molecule has 1 aliphatic rings. The van der Waals surface area contributed by atoms with Crippen molar-refractivity contribution in [2.75, 3.05) is 6.61 Å². The molecule has 1 aliphatic heterocycles. The van der Waals surface area contributed by atoms with Gasteiger partial charge < -0.3 is 15.0 Å². The fraction of sp³-hybridized carbons (Fsp3) is 0.357. The van der Waals surface area contributed by atoms with Gasteiger partial charge in [0, 0.05) is 24.9 Å². The highest BCUT2D eigenvalue weighted by atomic mass is 16.5. The second-order valence-corrected chi connectivity index (χ2v) is 4.60. The third kappa shape index (κ3) is 2.24. The van der Waals surface area contributed by atoms with Crippen LogP contribution >= 0.6 is 0 Å². The Kier molecular flexibility index (Phi) is 3.02. The molecule has 0 aliphatic carbocycles. The quantitative estimate of drug-likeness (QED) is 0.865. The minimum Gasteiger partial charge on any atom is -0.493 e. The maximum atomic E-state index is 5.52. The highest BCUT2D eigenvalue weighted by Gasteiger charge is 2.14. The van der Waals surface area contributed by atoms with Crippen LogP contribution in [0.3, 0.4) is 0 Å². The van der Waals surface area contributed by atoms with Crippen LogP contribution in [0.25, 0.3) is 0 Å². The minimum atomic E-state index is 0.306. The minimum absolute atomic E-state index is 0.306. The van der Waals surface area contributed by atoms with Crippen molar-refractivity contribution in [2.45, 2.75) is 25.9 Å². The van der Waals surface area contributed by atoms with Crippen molar-refractivity contribution >= 4 is 0 Å². The number of benzene rings is 1. The van der Waals surface area contributed by atoms with E-state index in [4.69, 9.17) is 4.74 Å². The number of imidazole rings is 1. The van der Waals surface area contributed by atoms with Crippen LogP contribution in [0.4, 0.5) is 0 Å². The average molecular weight is 243 g/mol. The summed E-state index contributed by atoms with van der Waals surface area (Å²) in [5.74, 6) is 2.00. The fourth-order valence-corrected chi connectivity index (χ4v) is 2.24. The summed E-state index contributed by atoms with van der Waals surface area (Å²) in [5, 5.41) is 3.46. The van der Waals surface area contributed by atoms with Gasteiger partial charge in [-0.15, -0.1) is 0 Å². The Balaban J connectivity index is 1.67. The monoisotopic (exact) mass is 243 g/mol. The molecule has 0 spiro atoms. The van der Waals surface area contributed by atoms with Crippen LogP contribution < -0.4 is 10.1 Å². The zero-order valence-electron chi connectivity index (χ0n) is 10.4. The maximum absolute atomic E-state index is 5.52. The van der Waals surface area contributed by atoms with Crippen molar-refractivity contribution in [3.8, 4) is 5.75 Å². The van der Waals surface area contributed by atoms with Gasteiger partial charge in [-0.25, -0.2) is 4.98 Å². The second kappa shape index (κ2) is 4.82. The molecule has 0 saturated carbocycles. The molecule has 0 saturated heterocycles. The molecule has 0 fully saturated rings. The van der Waals surface area contributed by atoms with Gasteiger partial charge in [0.05, 0.1) is 13.2 Å². The number of aromatic nitrogens is 2. The largest absolute Gasteiger partial charge is 0.493 e. The Morgan fingerprint density at radius 3 is 3.28 bits per heavy atom. The summed E-state index contributed by atoms with van der Waals surface area (Å²) in [7, 11) is 0. The SMILES string of the molecule is CC(NCc1ncc[nH]1)c1ccc2c(c1)CCO2. The van der Waals surface area contributed by atoms with Gasteiger partial charge in [0.15, 0.2) is 0 Å². The lowest BCUT2D eigenvalue weighted by atomic mass is 10.0. The molecule has 1 aromatic carbocycles. The zero-order valence-corrected chi connectivity index (χ0v) is 10.4. The first-order valence-corrected chi connectivity index (χ1v) is 6.30. The van der Waals surface area contributed by atoms with Crippen molar-refractivity contribution in [1.82, 2.24) is 15.3 Å². The van der Waals surface area contributed by atoms with Gasteiger partial charge in [0.25, 0.3) is 0 Å². The van der Waals surface area contributed by atoms with Crippen molar-refractivity contribution in [1.29, 1.82) is 0 Å². The summed E-state index contributed by atoms with van der Waals surface area (Å²) in [6.45, 7) is 3.73. The molecule has 18 heavy (non-hydrogen) atoms. The smallest absolute Gasteiger partial charge is 0.122 e. The lowest BCUT2D eigenvalue weighted by Crippen LogP contribution is -2.18. The van der Waals surface area contributed by atoms with Crippen LogP contribution in [0.15, 0.2) is 30.6 Å². The number of hydrogen-bond acceptors (Lipinski definition) is 3. The number of fused-ring (bicyclic) bond motifs is 1. The van der Waals surface area contributed by atoms with Gasteiger partial charge in [-0.05, 0) is 24.1 Å². The normalized spacial score (nSPS) is 15.2. The van der Waals surface area contributed by atoms with E-state index >= 15 is 0 Å². The number of ether oxygens (including phenoxy) is 1. The number of nitrogens with one attached hydrogen (secondary N) is 2. The van der Waals surface area contributed by atoms with E-state index in [-0.39, 0.29) is 0 Å². The van der Waals surface area contributed by atoms with Gasteiger partial charge in [0.2, 0.25) is 0 Å². The summed E-state index contributed by atoms with van der Waals surface area (Å²) in [6, 6.07) is 6.75. The molecule has 1 aromatic heterocycles.